The largest absolute Gasteiger partial charge is 0.510 e. The molecule has 1 amide bonds. The third-order valence-electron chi connectivity index (χ3n) is 9.54. The number of halogens is 1. The third kappa shape index (κ3) is 4.78. The van der Waals surface area contributed by atoms with Crippen LogP contribution in [0.5, 0.6) is 5.75 Å². The van der Waals surface area contributed by atoms with Crippen molar-refractivity contribution < 1.29 is 43.9 Å². The van der Waals surface area contributed by atoms with Crippen LogP contribution in [0.15, 0.2) is 40.5 Å². The second-order valence-corrected chi connectivity index (χ2v) is 12.2. The maximum atomic E-state index is 15.7. The van der Waals surface area contributed by atoms with Crippen LogP contribution in [0.1, 0.15) is 42.1 Å². The van der Waals surface area contributed by atoms with Gasteiger partial charge in [0, 0.05) is 48.5 Å². The van der Waals surface area contributed by atoms with Gasteiger partial charge in [0.05, 0.1) is 23.9 Å². The summed E-state index contributed by atoms with van der Waals surface area (Å²) in [7, 11) is 4.72. The number of likely N-dealkylation sites (tertiary alicyclic amines) is 1. The Morgan fingerprint density at radius 3 is 2.61 bits per heavy atom. The topological polar surface area (TPSA) is 186 Å². The van der Waals surface area contributed by atoms with E-state index < -0.39 is 69.6 Å². The molecule has 5 atom stereocenters. The number of aromatic hydroxyl groups is 1. The van der Waals surface area contributed by atoms with Crippen molar-refractivity contribution in [3.8, 4) is 5.75 Å². The number of carbonyl (C=O) groups excluding carboxylic acids is 3. The highest BCUT2D eigenvalue weighted by Gasteiger charge is 2.63. The van der Waals surface area contributed by atoms with Gasteiger partial charge in [-0.15, -0.1) is 0 Å². The quantitative estimate of drug-likeness (QED) is 0.185. The smallest absolute Gasteiger partial charge is 0.255 e. The Morgan fingerprint density at radius 1 is 1.30 bits per heavy atom. The van der Waals surface area contributed by atoms with Crippen molar-refractivity contribution in [3.63, 3.8) is 0 Å². The van der Waals surface area contributed by atoms with Gasteiger partial charge < -0.3 is 36.2 Å². The summed E-state index contributed by atoms with van der Waals surface area (Å²) >= 11 is 0. The molecule has 0 spiro atoms. The Kier molecular flexibility index (Phi) is 8.35. The number of anilines is 1. The number of aliphatic hydroxyl groups is 3. The van der Waals surface area contributed by atoms with E-state index in [-0.39, 0.29) is 41.3 Å². The number of carbonyl (C=O) groups is 3. The Morgan fingerprint density at radius 2 is 2.00 bits per heavy atom. The average Bonchev–Trinajstić information content (AvgIpc) is 3.39. The van der Waals surface area contributed by atoms with Gasteiger partial charge in [0.25, 0.3) is 5.91 Å². The number of methoxy groups -OCH3 is 1. The molecule has 1 aromatic rings. The van der Waals surface area contributed by atoms with E-state index in [9.17, 15) is 34.8 Å². The fraction of sp³-hybridized carbons (Fsp3) is 0.516. The van der Waals surface area contributed by atoms with Crippen molar-refractivity contribution in [1.82, 2.24) is 9.80 Å². The molecule has 12 nitrogen and oxygen atoms in total. The van der Waals surface area contributed by atoms with Gasteiger partial charge in [0.15, 0.2) is 17.1 Å². The highest BCUT2D eigenvalue weighted by molar-refractivity contribution is 6.24. The number of fused-ring (bicyclic) bond motifs is 3. The summed E-state index contributed by atoms with van der Waals surface area (Å²) in [5, 5.41) is 48.4. The number of nitrogens with zero attached hydrogens (tertiary/aromatic N) is 2. The Hall–Kier alpha value is -3.78. The van der Waals surface area contributed by atoms with E-state index in [1.54, 1.807) is 34.2 Å². The number of ether oxygens (including phenoxy) is 1. The first-order valence-corrected chi connectivity index (χ1v) is 14.6. The van der Waals surface area contributed by atoms with Crippen LogP contribution in [-0.4, -0.2) is 106 Å². The van der Waals surface area contributed by atoms with Gasteiger partial charge in [0.1, 0.15) is 22.9 Å². The van der Waals surface area contributed by atoms with Crippen LogP contribution in [0, 0.1) is 17.7 Å². The minimum atomic E-state index is -2.76. The molecule has 1 heterocycles. The van der Waals surface area contributed by atoms with Crippen molar-refractivity contribution in [3.05, 3.63) is 57.4 Å². The number of amides is 1. The van der Waals surface area contributed by atoms with Crippen molar-refractivity contribution in [1.29, 1.82) is 0 Å². The number of Topliss-reactive ketones (excluding diaryl/α,β-unsaturated/α-hetero) is 2. The average molecular weight is 615 g/mol. The summed E-state index contributed by atoms with van der Waals surface area (Å²) in [6.07, 6.45) is 3.51. The van der Waals surface area contributed by atoms with E-state index in [4.69, 9.17) is 10.5 Å². The van der Waals surface area contributed by atoms with Crippen LogP contribution in [0.3, 0.4) is 0 Å². The van der Waals surface area contributed by atoms with Gasteiger partial charge in [-0.05, 0) is 59.2 Å². The Bertz CT molecular complexity index is 1520. The van der Waals surface area contributed by atoms with Crippen LogP contribution in [0.25, 0.3) is 0 Å². The number of primary amides is 1. The zero-order valence-corrected chi connectivity index (χ0v) is 25.2. The monoisotopic (exact) mass is 614 g/mol. The fourth-order valence-electron chi connectivity index (χ4n) is 7.45. The molecule has 5 rings (SSSR count). The molecule has 1 saturated heterocycles. The highest BCUT2D eigenvalue weighted by atomic mass is 19.1. The number of nitrogens with two attached hydrogens (primary N) is 1. The first-order chi connectivity index (χ1) is 20.8. The molecule has 13 heteroatoms. The van der Waals surface area contributed by atoms with E-state index >= 15 is 4.39 Å². The lowest BCUT2D eigenvalue weighted by molar-refractivity contribution is -0.148. The lowest BCUT2D eigenvalue weighted by Gasteiger charge is -2.50. The van der Waals surface area contributed by atoms with Gasteiger partial charge in [-0.1, -0.05) is 6.08 Å². The summed E-state index contributed by atoms with van der Waals surface area (Å²) in [4.78, 5) is 43.2. The molecule has 238 valence electrons. The van der Waals surface area contributed by atoms with E-state index in [0.29, 0.717) is 18.8 Å². The lowest BCUT2D eigenvalue weighted by atomic mass is 9.58. The molecule has 44 heavy (non-hydrogen) atoms. The number of hydrogen-bond acceptors (Lipinski definition) is 11. The lowest BCUT2D eigenvalue weighted by Crippen LogP contribution is -2.63. The Balaban J connectivity index is 1.54. The number of allylic oxidation sites excluding steroid dienone is 2. The second kappa shape index (κ2) is 11.6. The number of phenolic OH excluding ortho intramolecular Hbond substituents is 1. The molecule has 0 radical (unpaired) electrons. The summed E-state index contributed by atoms with van der Waals surface area (Å²) < 4.78 is 21.0. The van der Waals surface area contributed by atoms with Crippen molar-refractivity contribution in [2.24, 2.45) is 17.6 Å². The number of hydrogen-bond donors (Lipinski definition) is 6. The number of phenols is 1. The predicted octanol–water partition coefficient (Wildman–Crippen LogP) is 1.69. The van der Waals surface area contributed by atoms with E-state index in [1.807, 2.05) is 0 Å². The maximum Gasteiger partial charge on any atom is 0.255 e. The SMILES string of the molecule is CC=C(CN1CCC[C@@H]1COC)Nc1cc(F)c2c(c1O)C(=O)C1=C(O)[C@]3(O)C(=O)C(C(N)=O)=C(O)[C@@H](N(C)C)[C@@H]3C[C@@H]1C2. The van der Waals surface area contributed by atoms with Crippen LogP contribution < -0.4 is 11.1 Å². The molecule has 0 aromatic heterocycles. The first-order valence-electron chi connectivity index (χ1n) is 14.6. The van der Waals surface area contributed by atoms with Crippen LogP contribution in [0.4, 0.5) is 10.1 Å². The molecule has 1 fully saturated rings. The predicted molar refractivity (Wildman–Crippen MR) is 157 cm³/mol. The summed E-state index contributed by atoms with van der Waals surface area (Å²) in [6.45, 7) is 3.66. The van der Waals surface area contributed by atoms with E-state index in [1.165, 1.54) is 4.90 Å². The number of benzene rings is 1. The number of ketones is 2. The first kappa shape index (κ1) is 31.6. The highest BCUT2D eigenvalue weighted by Crippen LogP contribution is 2.53. The standard InChI is InChI=1S/C31H39FN4O8/c1-5-15(12-36-8-6-7-16(36)13-44-4)34-20-11-19(32)17-9-14-10-18-24(35(2)3)27(39)23(30(33)42)29(41)31(18,43)28(40)21(14)26(38)22(17)25(20)37/h5,11,14,16,18,24,34,37,39-40,43H,6-10,12-13H2,1-4H3,(H2,33,42)/t14-,16+,18-,24-,31-/m0/s1. The fourth-order valence-corrected chi connectivity index (χ4v) is 7.45. The van der Waals surface area contributed by atoms with Crippen molar-refractivity contribution in [2.75, 3.05) is 46.2 Å². The summed E-state index contributed by atoms with van der Waals surface area (Å²) in [5.41, 5.74) is 1.53. The molecule has 7 N–H and O–H groups in total. The van der Waals surface area contributed by atoms with Gasteiger partial charge in [-0.2, -0.15) is 0 Å². The Labute approximate surface area is 254 Å². The van der Waals surface area contributed by atoms with Crippen LogP contribution >= 0.6 is 0 Å². The molecule has 3 aliphatic carbocycles. The molecule has 0 bridgehead atoms. The molecular weight excluding hydrogens is 575 g/mol. The minimum Gasteiger partial charge on any atom is -0.510 e. The minimum absolute atomic E-state index is 0.0542. The molecule has 1 aromatic carbocycles. The van der Waals surface area contributed by atoms with E-state index in [0.717, 1.165) is 25.5 Å². The normalized spacial score (nSPS) is 29.2. The molecule has 4 aliphatic rings. The molecule has 0 unspecified atom stereocenters. The summed E-state index contributed by atoms with van der Waals surface area (Å²) in [5.74, 6) is -8.56. The number of likely N-dealkylation sites (N-methyl/N-ethyl adjacent to an activating group) is 1. The zero-order valence-electron chi connectivity index (χ0n) is 25.2. The third-order valence-corrected chi connectivity index (χ3v) is 9.54. The van der Waals surface area contributed by atoms with Gasteiger partial charge in [-0.25, -0.2) is 4.39 Å². The molecule has 1 aliphatic heterocycles. The van der Waals surface area contributed by atoms with Crippen molar-refractivity contribution >= 4 is 23.2 Å². The van der Waals surface area contributed by atoms with Crippen LogP contribution in [-0.2, 0) is 20.7 Å². The van der Waals surface area contributed by atoms with Gasteiger partial charge >= 0.3 is 0 Å². The van der Waals surface area contributed by atoms with E-state index in [2.05, 4.69) is 10.2 Å². The molecular formula is C31H39FN4O8. The van der Waals surface area contributed by atoms with Crippen LogP contribution in [0.2, 0.25) is 0 Å². The zero-order chi connectivity index (χ0) is 32.2. The van der Waals surface area contributed by atoms with Gasteiger partial charge in [0.2, 0.25) is 5.78 Å². The number of rotatable bonds is 8. The number of nitrogens with one attached hydrogen (secondary N) is 1. The number of aliphatic hydroxyl groups excluding tert-OH is 2. The maximum absolute atomic E-state index is 15.7. The van der Waals surface area contributed by atoms with Gasteiger partial charge in [-0.3, -0.25) is 24.2 Å². The molecule has 0 saturated carbocycles. The summed E-state index contributed by atoms with van der Waals surface area (Å²) in [6, 6.07) is 0.209. The second-order valence-electron chi connectivity index (χ2n) is 12.2. The van der Waals surface area contributed by atoms with Crippen molar-refractivity contribution in [2.45, 2.75) is 50.3 Å².